The van der Waals surface area contributed by atoms with Gasteiger partial charge in [0, 0.05) is 35.7 Å². The Kier molecular flexibility index (Phi) is 4.96. The van der Waals surface area contributed by atoms with Crippen molar-refractivity contribution in [1.82, 2.24) is 4.90 Å². The van der Waals surface area contributed by atoms with Gasteiger partial charge in [-0.05, 0) is 25.2 Å². The van der Waals surface area contributed by atoms with Crippen LogP contribution in [0.2, 0.25) is 0 Å². The molecule has 0 N–H and O–H groups in total. The maximum Gasteiger partial charge on any atom is 0.134 e. The Morgan fingerprint density at radius 1 is 1.21 bits per heavy atom. The average molecular weight is 325 g/mol. The second kappa shape index (κ2) is 7.32. The summed E-state index contributed by atoms with van der Waals surface area (Å²) < 4.78 is 24.4. The summed E-state index contributed by atoms with van der Waals surface area (Å²) in [4.78, 5) is 2.15. The second-order valence-corrected chi connectivity index (χ2v) is 5.74. The zero-order valence-corrected chi connectivity index (χ0v) is 13.8. The van der Waals surface area contributed by atoms with E-state index in [-0.39, 0.29) is 5.82 Å². The van der Waals surface area contributed by atoms with Crippen molar-refractivity contribution in [2.24, 2.45) is 0 Å². The molecule has 0 aliphatic carbocycles. The summed E-state index contributed by atoms with van der Waals surface area (Å²) in [5, 5.41) is 1.13. The third-order valence-corrected chi connectivity index (χ3v) is 3.92. The van der Waals surface area contributed by atoms with Gasteiger partial charge in [-0.25, -0.2) is 4.39 Å². The van der Waals surface area contributed by atoms with Crippen molar-refractivity contribution in [3.05, 3.63) is 71.7 Å². The van der Waals surface area contributed by atoms with E-state index in [1.807, 2.05) is 31.3 Å². The zero-order valence-electron chi connectivity index (χ0n) is 13.8. The molecule has 0 spiro atoms. The van der Waals surface area contributed by atoms with E-state index in [0.29, 0.717) is 17.9 Å². The number of methoxy groups -OCH3 is 1. The largest absolute Gasteiger partial charge is 0.497 e. The van der Waals surface area contributed by atoms with Gasteiger partial charge in [0.05, 0.1) is 13.4 Å². The second-order valence-electron chi connectivity index (χ2n) is 5.74. The molecule has 1 heterocycles. The summed E-state index contributed by atoms with van der Waals surface area (Å²) >= 11 is 0. The van der Waals surface area contributed by atoms with Crippen LogP contribution in [0.3, 0.4) is 0 Å². The van der Waals surface area contributed by atoms with Crippen molar-refractivity contribution in [3.63, 3.8) is 0 Å². The summed E-state index contributed by atoms with van der Waals surface area (Å²) in [5.74, 6) is 0.239. The first kappa shape index (κ1) is 16.3. The van der Waals surface area contributed by atoms with Gasteiger partial charge in [-0.2, -0.15) is 0 Å². The molecule has 0 bridgehead atoms. The van der Waals surface area contributed by atoms with Gasteiger partial charge in [-0.15, -0.1) is 0 Å². The quantitative estimate of drug-likeness (QED) is 0.655. The fourth-order valence-electron chi connectivity index (χ4n) is 2.64. The highest BCUT2D eigenvalue weighted by molar-refractivity contribution is 5.80. The highest BCUT2D eigenvalue weighted by atomic mass is 19.1. The van der Waals surface area contributed by atoms with Crippen molar-refractivity contribution in [1.29, 1.82) is 0 Å². The summed E-state index contributed by atoms with van der Waals surface area (Å²) in [7, 11) is 3.55. The lowest BCUT2D eigenvalue weighted by Gasteiger charge is -2.13. The van der Waals surface area contributed by atoms with Crippen LogP contribution in [0.5, 0.6) is 5.75 Å². The van der Waals surface area contributed by atoms with E-state index in [1.165, 1.54) is 13.2 Å². The molecular weight excluding hydrogens is 305 g/mol. The smallest absolute Gasteiger partial charge is 0.134 e. The molecule has 2 aromatic carbocycles. The molecule has 3 aromatic rings. The predicted molar refractivity (Wildman–Crippen MR) is 94.5 cm³/mol. The molecule has 0 fully saturated rings. The Morgan fingerprint density at radius 3 is 2.83 bits per heavy atom. The molecule has 0 amide bonds. The van der Waals surface area contributed by atoms with Gasteiger partial charge in [-0.1, -0.05) is 30.4 Å². The zero-order chi connectivity index (χ0) is 16.9. The number of ether oxygens (including phenoxy) is 1. The van der Waals surface area contributed by atoms with Crippen molar-refractivity contribution < 1.29 is 13.5 Å². The van der Waals surface area contributed by atoms with Crippen molar-refractivity contribution in [2.75, 3.05) is 20.7 Å². The average Bonchev–Trinajstić information content (AvgIpc) is 2.99. The predicted octanol–water partition coefficient (Wildman–Crippen LogP) is 4.73. The Morgan fingerprint density at radius 2 is 2.04 bits per heavy atom. The maximum atomic E-state index is 13.9. The maximum absolute atomic E-state index is 13.9. The monoisotopic (exact) mass is 325 g/mol. The summed E-state index contributed by atoms with van der Waals surface area (Å²) in [6.45, 7) is 1.48. The lowest BCUT2D eigenvalue weighted by atomic mass is 10.1. The van der Waals surface area contributed by atoms with Crippen LogP contribution in [0.25, 0.3) is 17.0 Å². The van der Waals surface area contributed by atoms with E-state index in [9.17, 15) is 4.39 Å². The van der Waals surface area contributed by atoms with Crippen LogP contribution in [0.1, 0.15) is 11.1 Å². The first-order chi connectivity index (χ1) is 11.7. The normalized spacial score (nSPS) is 11.7. The minimum Gasteiger partial charge on any atom is -0.497 e. The molecule has 24 heavy (non-hydrogen) atoms. The number of fused-ring (bicyclic) bond motifs is 1. The third-order valence-electron chi connectivity index (χ3n) is 3.92. The highest BCUT2D eigenvalue weighted by Gasteiger charge is 2.07. The minimum atomic E-state index is -0.283. The first-order valence-corrected chi connectivity index (χ1v) is 7.81. The Bertz CT molecular complexity index is 854. The van der Waals surface area contributed by atoms with Crippen molar-refractivity contribution >= 4 is 17.0 Å². The van der Waals surface area contributed by atoms with Crippen molar-refractivity contribution in [2.45, 2.75) is 6.54 Å². The Balaban J connectivity index is 1.62. The van der Waals surface area contributed by atoms with Crippen LogP contribution in [0.4, 0.5) is 4.39 Å². The molecule has 0 saturated heterocycles. The van der Waals surface area contributed by atoms with Gasteiger partial charge < -0.3 is 9.15 Å². The molecular formula is C20H20FNO2. The summed E-state index contributed by atoms with van der Waals surface area (Å²) in [5.41, 5.74) is 2.60. The van der Waals surface area contributed by atoms with Gasteiger partial charge in [0.2, 0.25) is 0 Å². The first-order valence-electron chi connectivity index (χ1n) is 7.81. The van der Waals surface area contributed by atoms with E-state index in [0.717, 1.165) is 23.1 Å². The molecule has 4 heteroatoms. The van der Waals surface area contributed by atoms with Gasteiger partial charge in [0.1, 0.15) is 17.1 Å². The van der Waals surface area contributed by atoms with Gasteiger partial charge in [0.15, 0.2) is 0 Å². The standard InChI is InChI=1S/C20H20FNO2/c1-22(13-16-14-24-20-8-4-3-7-18(16)20)11-5-6-15-9-10-17(23-2)12-19(15)21/h3-10,12,14H,11,13H2,1-2H3/b6-5+. The fraction of sp³-hybridized carbons (Fsp3) is 0.200. The highest BCUT2D eigenvalue weighted by Crippen LogP contribution is 2.22. The third kappa shape index (κ3) is 3.66. The fourth-order valence-corrected chi connectivity index (χ4v) is 2.64. The molecule has 124 valence electrons. The van der Waals surface area contributed by atoms with Crippen LogP contribution in [0.15, 0.2) is 59.2 Å². The van der Waals surface area contributed by atoms with Crippen LogP contribution >= 0.6 is 0 Å². The van der Waals surface area contributed by atoms with Crippen LogP contribution in [-0.4, -0.2) is 25.6 Å². The molecule has 0 radical (unpaired) electrons. The minimum absolute atomic E-state index is 0.283. The number of rotatable bonds is 6. The number of hydrogen-bond acceptors (Lipinski definition) is 3. The number of furan rings is 1. The number of nitrogens with zero attached hydrogens (tertiary/aromatic N) is 1. The molecule has 0 atom stereocenters. The van der Waals surface area contributed by atoms with Crippen LogP contribution < -0.4 is 4.74 Å². The lowest BCUT2D eigenvalue weighted by molar-refractivity contribution is 0.363. The van der Waals surface area contributed by atoms with Crippen LogP contribution in [-0.2, 0) is 6.54 Å². The van der Waals surface area contributed by atoms with Crippen LogP contribution in [0, 0.1) is 5.82 Å². The number of para-hydroxylation sites is 1. The molecule has 1 aromatic heterocycles. The molecule has 3 rings (SSSR count). The molecule has 3 nitrogen and oxygen atoms in total. The lowest BCUT2D eigenvalue weighted by Crippen LogP contribution is -2.17. The van der Waals surface area contributed by atoms with E-state index >= 15 is 0 Å². The SMILES string of the molecule is COc1ccc(/C=C/CN(C)Cc2coc3ccccc23)c(F)c1. The van der Waals surface area contributed by atoms with Crippen molar-refractivity contribution in [3.8, 4) is 5.75 Å². The number of benzene rings is 2. The van der Waals surface area contributed by atoms with Gasteiger partial charge in [-0.3, -0.25) is 4.90 Å². The van der Waals surface area contributed by atoms with E-state index in [4.69, 9.17) is 9.15 Å². The molecule has 0 unspecified atom stereocenters. The molecule has 0 saturated carbocycles. The van der Waals surface area contributed by atoms with Gasteiger partial charge >= 0.3 is 0 Å². The summed E-state index contributed by atoms with van der Waals surface area (Å²) in [6.07, 6.45) is 5.54. The Labute approximate surface area is 141 Å². The molecule has 0 aliphatic rings. The summed E-state index contributed by atoms with van der Waals surface area (Å²) in [6, 6.07) is 12.9. The number of hydrogen-bond donors (Lipinski definition) is 0. The van der Waals surface area contributed by atoms with Gasteiger partial charge in [0.25, 0.3) is 0 Å². The van der Waals surface area contributed by atoms with E-state index in [1.54, 1.807) is 24.5 Å². The topological polar surface area (TPSA) is 25.6 Å². The number of likely N-dealkylation sites (N-methyl/N-ethyl adjacent to an activating group) is 1. The Hall–Kier alpha value is -2.59. The van der Waals surface area contributed by atoms with E-state index < -0.39 is 0 Å². The van der Waals surface area contributed by atoms with E-state index in [2.05, 4.69) is 11.0 Å². The molecule has 0 aliphatic heterocycles. The number of halogens is 1.